The van der Waals surface area contributed by atoms with Crippen molar-refractivity contribution in [2.24, 2.45) is 0 Å². The molecule has 1 fully saturated rings. The number of aliphatic hydroxyl groups is 2. The van der Waals surface area contributed by atoms with Crippen LogP contribution in [0, 0.1) is 0 Å². The van der Waals surface area contributed by atoms with E-state index in [0.29, 0.717) is 6.61 Å². The highest BCUT2D eigenvalue weighted by molar-refractivity contribution is 5.27. The molecule has 0 saturated carbocycles. The van der Waals surface area contributed by atoms with Crippen LogP contribution in [0.4, 0.5) is 0 Å². The molecular formula is C22H28O7. The van der Waals surface area contributed by atoms with E-state index in [2.05, 4.69) is 0 Å². The molecule has 29 heavy (non-hydrogen) atoms. The van der Waals surface area contributed by atoms with Gasteiger partial charge in [-0.05, 0) is 23.3 Å². The molecule has 0 radical (unpaired) electrons. The highest BCUT2D eigenvalue weighted by Crippen LogP contribution is 2.25. The van der Waals surface area contributed by atoms with Crippen LogP contribution in [0.1, 0.15) is 11.1 Å². The lowest BCUT2D eigenvalue weighted by Gasteiger charge is -2.41. The van der Waals surface area contributed by atoms with Crippen molar-refractivity contribution in [3.05, 3.63) is 65.7 Å². The molecule has 0 unspecified atom stereocenters. The van der Waals surface area contributed by atoms with Crippen LogP contribution in [0.2, 0.25) is 0 Å². The monoisotopic (exact) mass is 404 g/mol. The molecule has 1 aliphatic heterocycles. The Morgan fingerprint density at radius 3 is 2.21 bits per heavy atom. The Kier molecular flexibility index (Phi) is 8.00. The zero-order valence-corrected chi connectivity index (χ0v) is 16.6. The third kappa shape index (κ3) is 5.76. The van der Waals surface area contributed by atoms with Crippen molar-refractivity contribution in [3.63, 3.8) is 0 Å². The first kappa shape index (κ1) is 21.7. The number of hydrogen-bond donors (Lipinski definition) is 2. The minimum absolute atomic E-state index is 0.148. The maximum Gasteiger partial charge on any atom is 0.186 e. The summed E-state index contributed by atoms with van der Waals surface area (Å²) in [5.74, 6) is 0.756. The molecule has 0 amide bonds. The smallest absolute Gasteiger partial charge is 0.186 e. The summed E-state index contributed by atoms with van der Waals surface area (Å²) >= 11 is 0. The van der Waals surface area contributed by atoms with Crippen molar-refractivity contribution >= 4 is 0 Å². The van der Waals surface area contributed by atoms with Crippen molar-refractivity contribution in [1.82, 2.24) is 0 Å². The quantitative estimate of drug-likeness (QED) is 0.660. The standard InChI is InChI=1S/C22H28O7/c1-25-14-18-19(23)20(24)21(22(26-2)29-18)28-13-16-8-10-17(11-9-16)27-12-15-6-4-3-5-7-15/h3-11,18-24H,12-14H2,1-2H3/t18-,19-,20+,21-,22-/m1/s1. The Balaban J connectivity index is 1.53. The molecule has 2 aromatic carbocycles. The molecule has 3 rings (SSSR count). The van der Waals surface area contributed by atoms with Gasteiger partial charge in [-0.3, -0.25) is 0 Å². The molecule has 0 spiro atoms. The first-order valence-corrected chi connectivity index (χ1v) is 9.53. The van der Waals surface area contributed by atoms with E-state index < -0.39 is 30.7 Å². The fourth-order valence-electron chi connectivity index (χ4n) is 3.19. The summed E-state index contributed by atoms with van der Waals surface area (Å²) in [7, 11) is 2.97. The molecule has 158 valence electrons. The van der Waals surface area contributed by atoms with E-state index in [1.807, 2.05) is 54.6 Å². The molecule has 0 aliphatic carbocycles. The van der Waals surface area contributed by atoms with Gasteiger partial charge in [0, 0.05) is 14.2 Å². The maximum absolute atomic E-state index is 10.4. The highest BCUT2D eigenvalue weighted by atomic mass is 16.7. The van der Waals surface area contributed by atoms with E-state index in [0.717, 1.165) is 16.9 Å². The van der Waals surface area contributed by atoms with Crippen molar-refractivity contribution in [3.8, 4) is 5.75 Å². The molecule has 7 nitrogen and oxygen atoms in total. The molecule has 7 heteroatoms. The van der Waals surface area contributed by atoms with Crippen LogP contribution in [0.25, 0.3) is 0 Å². The molecular weight excluding hydrogens is 376 g/mol. The molecule has 1 aliphatic rings. The molecule has 1 saturated heterocycles. The second kappa shape index (κ2) is 10.7. The van der Waals surface area contributed by atoms with Crippen molar-refractivity contribution in [2.45, 2.75) is 43.9 Å². The minimum atomic E-state index is -1.15. The van der Waals surface area contributed by atoms with Crippen molar-refractivity contribution in [2.75, 3.05) is 20.8 Å². The third-order valence-corrected chi connectivity index (χ3v) is 4.82. The highest BCUT2D eigenvalue weighted by Gasteiger charge is 2.45. The van der Waals surface area contributed by atoms with E-state index in [4.69, 9.17) is 23.7 Å². The van der Waals surface area contributed by atoms with Gasteiger partial charge >= 0.3 is 0 Å². The fraction of sp³-hybridized carbons (Fsp3) is 0.455. The summed E-state index contributed by atoms with van der Waals surface area (Å²) in [4.78, 5) is 0. The first-order chi connectivity index (χ1) is 14.1. The maximum atomic E-state index is 10.4. The average molecular weight is 404 g/mol. The Morgan fingerprint density at radius 1 is 0.862 bits per heavy atom. The zero-order valence-electron chi connectivity index (χ0n) is 16.6. The van der Waals surface area contributed by atoms with Gasteiger partial charge in [0.25, 0.3) is 0 Å². The van der Waals surface area contributed by atoms with E-state index in [9.17, 15) is 10.2 Å². The number of benzene rings is 2. The van der Waals surface area contributed by atoms with E-state index in [-0.39, 0.29) is 13.2 Å². The predicted molar refractivity (Wildman–Crippen MR) is 105 cm³/mol. The topological polar surface area (TPSA) is 86.6 Å². The summed E-state index contributed by atoms with van der Waals surface area (Å²) in [5, 5.41) is 20.7. The SMILES string of the molecule is COC[C@H]1O[C@@H](OC)[C@H](OCc2ccc(OCc3ccccc3)cc2)[C@@H](O)[C@@H]1O. The van der Waals surface area contributed by atoms with Crippen molar-refractivity contribution in [1.29, 1.82) is 0 Å². The Morgan fingerprint density at radius 2 is 1.55 bits per heavy atom. The lowest BCUT2D eigenvalue weighted by molar-refractivity contribution is -0.306. The van der Waals surface area contributed by atoms with Crippen LogP contribution < -0.4 is 4.74 Å². The van der Waals surface area contributed by atoms with E-state index in [1.165, 1.54) is 14.2 Å². The summed E-state index contributed by atoms with van der Waals surface area (Å²) in [6.45, 7) is 0.874. The van der Waals surface area contributed by atoms with Gasteiger partial charge in [-0.2, -0.15) is 0 Å². The van der Waals surface area contributed by atoms with Crippen LogP contribution in [0.15, 0.2) is 54.6 Å². The molecule has 2 N–H and O–H groups in total. The molecule has 1 heterocycles. The molecule has 5 atom stereocenters. The lowest BCUT2D eigenvalue weighted by atomic mass is 9.99. The lowest BCUT2D eigenvalue weighted by Crippen LogP contribution is -2.59. The second-order valence-corrected chi connectivity index (χ2v) is 6.91. The summed E-state index contributed by atoms with van der Waals surface area (Å²) in [6, 6.07) is 17.5. The van der Waals surface area contributed by atoms with Gasteiger partial charge < -0.3 is 33.9 Å². The van der Waals surface area contributed by atoms with Gasteiger partial charge in [-0.1, -0.05) is 42.5 Å². The number of hydrogen-bond acceptors (Lipinski definition) is 7. The first-order valence-electron chi connectivity index (χ1n) is 9.53. The largest absolute Gasteiger partial charge is 0.489 e. The number of rotatable bonds is 9. The van der Waals surface area contributed by atoms with Gasteiger partial charge in [0.1, 0.15) is 36.8 Å². The van der Waals surface area contributed by atoms with Gasteiger partial charge in [-0.15, -0.1) is 0 Å². The van der Waals surface area contributed by atoms with Crippen LogP contribution in [-0.4, -0.2) is 61.7 Å². The van der Waals surface area contributed by atoms with Crippen LogP contribution >= 0.6 is 0 Å². The van der Waals surface area contributed by atoms with Gasteiger partial charge in [0.2, 0.25) is 0 Å². The number of aliphatic hydroxyl groups excluding tert-OH is 2. The third-order valence-electron chi connectivity index (χ3n) is 4.82. The molecule has 0 aromatic heterocycles. The summed E-state index contributed by atoms with van der Waals surface area (Å²) in [5.41, 5.74) is 2.00. The van der Waals surface area contributed by atoms with Gasteiger partial charge in [-0.25, -0.2) is 0 Å². The van der Waals surface area contributed by atoms with Crippen LogP contribution in [0.3, 0.4) is 0 Å². The van der Waals surface area contributed by atoms with Crippen molar-refractivity contribution < 1.29 is 33.9 Å². The van der Waals surface area contributed by atoms with Crippen LogP contribution in [0.5, 0.6) is 5.75 Å². The van der Waals surface area contributed by atoms with Gasteiger partial charge in [0.05, 0.1) is 13.2 Å². The molecule has 2 aromatic rings. The van der Waals surface area contributed by atoms with E-state index in [1.54, 1.807) is 0 Å². The second-order valence-electron chi connectivity index (χ2n) is 6.91. The van der Waals surface area contributed by atoms with Gasteiger partial charge in [0.15, 0.2) is 6.29 Å². The van der Waals surface area contributed by atoms with Crippen LogP contribution in [-0.2, 0) is 32.2 Å². The zero-order chi connectivity index (χ0) is 20.6. The summed E-state index contributed by atoms with van der Waals surface area (Å²) in [6.07, 6.45) is -4.58. The summed E-state index contributed by atoms with van der Waals surface area (Å²) < 4.78 is 27.5. The minimum Gasteiger partial charge on any atom is -0.489 e. The average Bonchev–Trinajstić information content (AvgIpc) is 2.76. The predicted octanol–water partition coefficient (Wildman–Crippen LogP) is 1.89. The van der Waals surface area contributed by atoms with E-state index >= 15 is 0 Å². The number of ether oxygens (including phenoxy) is 5. The molecule has 0 bridgehead atoms. The fourth-order valence-corrected chi connectivity index (χ4v) is 3.19. The Hall–Kier alpha value is -2.00. The Labute approximate surface area is 170 Å². The Bertz CT molecular complexity index is 720. The number of methoxy groups -OCH3 is 2. The normalized spacial score (nSPS) is 27.0.